The minimum Gasteiger partial charge on any atom is -0.483 e. The number of rotatable bonds is 3. The summed E-state index contributed by atoms with van der Waals surface area (Å²) >= 11 is 0. The lowest BCUT2D eigenvalue weighted by Crippen LogP contribution is -2.42. The summed E-state index contributed by atoms with van der Waals surface area (Å²) in [5.74, 6) is 0. The van der Waals surface area contributed by atoms with Gasteiger partial charge in [0.15, 0.2) is 0 Å². The van der Waals surface area contributed by atoms with Crippen molar-refractivity contribution >= 4 is 17.7 Å². The van der Waals surface area contributed by atoms with Gasteiger partial charge in [-0.05, 0) is 61.2 Å². The number of hydrogen-bond donors (Lipinski definition) is 2. The summed E-state index contributed by atoms with van der Waals surface area (Å²) in [5, 5.41) is 16.1. The summed E-state index contributed by atoms with van der Waals surface area (Å²) < 4.78 is 2.30. The Labute approximate surface area is 199 Å². The van der Waals surface area contributed by atoms with Crippen molar-refractivity contribution < 1.29 is 9.90 Å². The Hall–Kier alpha value is -4.08. The van der Waals surface area contributed by atoms with Crippen molar-refractivity contribution in [2.24, 2.45) is 5.73 Å². The van der Waals surface area contributed by atoms with Gasteiger partial charge in [0.2, 0.25) is 0 Å². The van der Waals surface area contributed by atoms with E-state index in [1.165, 1.54) is 33.6 Å². The highest BCUT2D eigenvalue weighted by molar-refractivity contribution is 5.91. The molecule has 6 nitrogen and oxygen atoms in total. The van der Waals surface area contributed by atoms with Gasteiger partial charge in [0, 0.05) is 30.9 Å². The van der Waals surface area contributed by atoms with Crippen LogP contribution in [0.5, 0.6) is 0 Å². The van der Waals surface area contributed by atoms with Gasteiger partial charge in [0.25, 0.3) is 6.47 Å². The maximum atomic E-state index is 9.20. The smallest absolute Gasteiger partial charge is 0.290 e. The molecule has 0 aliphatic carbocycles. The quantitative estimate of drug-likeness (QED) is 0.423. The summed E-state index contributed by atoms with van der Waals surface area (Å²) in [4.78, 5) is 10.8. The molecule has 0 spiro atoms. The largest absolute Gasteiger partial charge is 0.483 e. The predicted molar refractivity (Wildman–Crippen MR) is 136 cm³/mol. The van der Waals surface area contributed by atoms with Crippen molar-refractivity contribution in [2.45, 2.75) is 25.8 Å². The Bertz CT molecular complexity index is 1320. The van der Waals surface area contributed by atoms with Crippen molar-refractivity contribution in [3.63, 3.8) is 0 Å². The number of anilines is 1. The number of carbonyl (C=O) groups is 1. The van der Waals surface area contributed by atoms with Gasteiger partial charge in [-0.15, -0.1) is 0 Å². The number of hydrogen-bond acceptors (Lipinski definition) is 4. The second-order valence-electron chi connectivity index (χ2n) is 8.56. The minimum atomic E-state index is -0.250. The average molecular weight is 453 g/mol. The molecule has 1 aliphatic heterocycles. The van der Waals surface area contributed by atoms with Gasteiger partial charge in [-0.2, -0.15) is 5.26 Å². The molecular formula is C28H28N4O2. The molecule has 1 atom stereocenters. The standard InChI is InChI=1S/C27H26N4.CH2O2/c1-19-6-10-22(11-7-19)27-24(21-12-8-20(17-28)9-13-21)16-26-25(5-3-15-31(26)27)30-14-2-4-23(29)18-30;2-1-3/h3,5-13,15-16,23H,2,4,14,18,29H2,1H3;1H,(H,2,3). The van der Waals surface area contributed by atoms with Crippen molar-refractivity contribution in [3.05, 3.63) is 84.1 Å². The Morgan fingerprint density at radius 3 is 2.41 bits per heavy atom. The molecule has 0 saturated carbocycles. The maximum Gasteiger partial charge on any atom is 0.290 e. The Morgan fingerprint density at radius 2 is 1.76 bits per heavy atom. The molecule has 5 rings (SSSR count). The molecule has 3 N–H and O–H groups in total. The molecule has 0 radical (unpaired) electrons. The maximum absolute atomic E-state index is 9.20. The summed E-state index contributed by atoms with van der Waals surface area (Å²) in [7, 11) is 0. The van der Waals surface area contributed by atoms with E-state index in [-0.39, 0.29) is 12.5 Å². The third kappa shape index (κ3) is 4.66. The summed E-state index contributed by atoms with van der Waals surface area (Å²) in [6.45, 7) is 3.78. The van der Waals surface area contributed by atoms with E-state index in [4.69, 9.17) is 15.6 Å². The van der Waals surface area contributed by atoms with Crippen LogP contribution in [-0.4, -0.2) is 35.1 Å². The number of fused-ring (bicyclic) bond motifs is 1. The predicted octanol–water partition coefficient (Wildman–Crippen LogP) is 5.08. The first-order chi connectivity index (χ1) is 16.5. The number of aromatic nitrogens is 1. The number of piperidine rings is 1. The first-order valence-corrected chi connectivity index (χ1v) is 11.4. The molecule has 172 valence electrons. The molecule has 1 unspecified atom stereocenters. The summed E-state index contributed by atoms with van der Waals surface area (Å²) in [6.07, 6.45) is 4.35. The van der Waals surface area contributed by atoms with E-state index < -0.39 is 0 Å². The molecule has 2 aromatic heterocycles. The molecule has 2 aromatic carbocycles. The van der Waals surface area contributed by atoms with Crippen LogP contribution in [0.1, 0.15) is 24.0 Å². The van der Waals surface area contributed by atoms with Crippen molar-refractivity contribution in [2.75, 3.05) is 18.0 Å². The van der Waals surface area contributed by atoms with Gasteiger partial charge in [-0.3, -0.25) is 4.79 Å². The molecule has 4 aromatic rings. The zero-order valence-electron chi connectivity index (χ0n) is 19.2. The molecule has 0 bridgehead atoms. The van der Waals surface area contributed by atoms with Crippen LogP contribution in [-0.2, 0) is 4.79 Å². The number of nitrogens with two attached hydrogens (primary N) is 1. The van der Waals surface area contributed by atoms with E-state index in [0.29, 0.717) is 5.56 Å². The number of carboxylic acid groups (broad SMARTS) is 1. The van der Waals surface area contributed by atoms with Gasteiger partial charge < -0.3 is 20.1 Å². The van der Waals surface area contributed by atoms with Crippen LogP contribution in [0.3, 0.4) is 0 Å². The summed E-state index contributed by atoms with van der Waals surface area (Å²) in [5.41, 5.74) is 15.2. The molecule has 3 heterocycles. The van der Waals surface area contributed by atoms with Gasteiger partial charge in [0.05, 0.1) is 28.5 Å². The fourth-order valence-corrected chi connectivity index (χ4v) is 4.63. The monoisotopic (exact) mass is 452 g/mol. The van der Waals surface area contributed by atoms with Crippen LogP contribution in [0.25, 0.3) is 27.9 Å². The van der Waals surface area contributed by atoms with Gasteiger partial charge in [0.1, 0.15) is 0 Å². The van der Waals surface area contributed by atoms with Crippen molar-refractivity contribution in [1.82, 2.24) is 4.40 Å². The molecule has 34 heavy (non-hydrogen) atoms. The lowest BCUT2D eigenvalue weighted by molar-refractivity contribution is -0.122. The molecule has 6 heteroatoms. The van der Waals surface area contributed by atoms with E-state index >= 15 is 0 Å². The summed E-state index contributed by atoms with van der Waals surface area (Å²) in [6, 6.07) is 25.6. The average Bonchev–Trinajstić information content (AvgIpc) is 3.25. The third-order valence-corrected chi connectivity index (χ3v) is 6.24. The normalized spacial score (nSPS) is 15.3. The highest BCUT2D eigenvalue weighted by atomic mass is 16.3. The topological polar surface area (TPSA) is 94.8 Å². The molecule has 1 saturated heterocycles. The number of nitriles is 1. The third-order valence-electron chi connectivity index (χ3n) is 6.24. The number of pyridine rings is 1. The number of aryl methyl sites for hydroxylation is 1. The van der Waals surface area contributed by atoms with E-state index in [2.05, 4.69) is 71.0 Å². The van der Waals surface area contributed by atoms with E-state index in [9.17, 15) is 5.26 Å². The first kappa shape index (κ1) is 23.1. The lowest BCUT2D eigenvalue weighted by atomic mass is 10.00. The van der Waals surface area contributed by atoms with Crippen molar-refractivity contribution in [3.8, 4) is 28.5 Å². The van der Waals surface area contributed by atoms with E-state index in [1.54, 1.807) is 0 Å². The van der Waals surface area contributed by atoms with Crippen molar-refractivity contribution in [1.29, 1.82) is 5.26 Å². The zero-order valence-corrected chi connectivity index (χ0v) is 19.2. The van der Waals surface area contributed by atoms with Crippen LogP contribution in [0.2, 0.25) is 0 Å². The zero-order chi connectivity index (χ0) is 24.1. The fourth-order valence-electron chi connectivity index (χ4n) is 4.63. The van der Waals surface area contributed by atoms with Crippen LogP contribution < -0.4 is 10.6 Å². The molecular weight excluding hydrogens is 424 g/mol. The lowest BCUT2D eigenvalue weighted by Gasteiger charge is -2.33. The van der Waals surface area contributed by atoms with Crippen LogP contribution in [0, 0.1) is 18.3 Å². The SMILES string of the molecule is Cc1ccc(-c2c(-c3ccc(C#N)cc3)cc3c(N4CCCC(N)C4)cccn23)cc1.O=CO. The van der Waals surface area contributed by atoms with Gasteiger partial charge in [-0.25, -0.2) is 0 Å². The minimum absolute atomic E-state index is 0.221. The van der Waals surface area contributed by atoms with Gasteiger partial charge >= 0.3 is 0 Å². The fraction of sp³-hybridized carbons (Fsp3) is 0.214. The Kier molecular flexibility index (Phi) is 6.95. The number of nitrogens with zero attached hydrogens (tertiary/aromatic N) is 3. The highest BCUT2D eigenvalue weighted by Crippen LogP contribution is 2.39. The van der Waals surface area contributed by atoms with E-state index in [0.717, 1.165) is 31.5 Å². The first-order valence-electron chi connectivity index (χ1n) is 11.4. The van der Waals surface area contributed by atoms with E-state index in [1.807, 2.05) is 24.3 Å². The molecule has 0 amide bonds. The van der Waals surface area contributed by atoms with Crippen LogP contribution in [0.15, 0.2) is 72.9 Å². The second-order valence-corrected chi connectivity index (χ2v) is 8.56. The highest BCUT2D eigenvalue weighted by Gasteiger charge is 2.22. The van der Waals surface area contributed by atoms with Crippen LogP contribution >= 0.6 is 0 Å². The van der Waals surface area contributed by atoms with Crippen LogP contribution in [0.4, 0.5) is 5.69 Å². The Morgan fingerprint density at radius 1 is 1.09 bits per heavy atom. The molecule has 1 aliphatic rings. The second kappa shape index (κ2) is 10.2. The Balaban J connectivity index is 0.000000868. The number of benzene rings is 2. The molecule has 1 fully saturated rings. The van der Waals surface area contributed by atoms with Gasteiger partial charge in [-0.1, -0.05) is 42.0 Å².